The highest BCUT2D eigenvalue weighted by Gasteiger charge is 2.62. The second-order valence-corrected chi connectivity index (χ2v) is 84.3. The van der Waals surface area contributed by atoms with Gasteiger partial charge in [-0.1, -0.05) is 0 Å². The summed E-state index contributed by atoms with van der Waals surface area (Å²) in [5.41, 5.74) is 0. The van der Waals surface area contributed by atoms with Crippen LogP contribution in [0.25, 0.3) is 0 Å². The van der Waals surface area contributed by atoms with E-state index < -0.39 is 131 Å². The number of hydrogen-bond acceptors (Lipinski definition) is 16. The highest BCUT2D eigenvalue weighted by molar-refractivity contribution is 6.95. The molecule has 0 rings (SSSR count). The fourth-order valence-corrected chi connectivity index (χ4v) is 58.0. The minimum Gasteiger partial charge on any atom is -0.463 e. The number of hydrogen-bond donors (Lipinski definition) is 0. The Kier molecular flexibility index (Phi) is 26.7. The monoisotopic (exact) mass is 1230 g/mol. The molecule has 0 bridgehead atoms. The molecule has 0 heterocycles. The second kappa shape index (κ2) is 26.3. The third-order valence-corrected chi connectivity index (χ3v) is 51.8. The van der Waals surface area contributed by atoms with Crippen LogP contribution in [0, 0.1) is 0 Å². The van der Waals surface area contributed by atoms with E-state index in [0.29, 0.717) is 24.9 Å². The summed E-state index contributed by atoms with van der Waals surface area (Å²) in [5.74, 6) is -1.26. The van der Waals surface area contributed by atoms with Crippen LogP contribution in [0.1, 0.15) is 12.8 Å². The molecule has 0 radical (unpaired) electrons. The lowest BCUT2D eigenvalue weighted by molar-refractivity contribution is -0.140. The van der Waals surface area contributed by atoms with Crippen LogP contribution in [0.5, 0.6) is 0 Å². The van der Waals surface area contributed by atoms with Crippen LogP contribution in [0.2, 0.25) is 208 Å². The third kappa shape index (κ3) is 36.3. The Hall–Kier alpha value is 1.24. The Morgan fingerprint density at radius 3 is 0.671 bits per heavy atom. The smallest absolute Gasteiger partial charge is 0.463 e. The standard InChI is InChI=1S/C40H104O16Si14/c1-57(2,3)45-67(29,55-69(47-59(7,8)9,48-60(10,11)12)49-61(13,14)15)53-65(25,26)37-31-35-43-39(41)33-34-40(42)44-36-32-38-66(27,28)54-68(30,46-58(4,5)6)56-70(50-62(16,17)18,51-63(19,20)21)52-64(22,23)24/h33-34H,31-32,35-38H2,1-30H3/b34-33+. The molecule has 0 spiro atoms. The summed E-state index contributed by atoms with van der Waals surface area (Å²) in [6.45, 7) is 63.4. The van der Waals surface area contributed by atoms with Gasteiger partial charge in [0.25, 0.3) is 0 Å². The quantitative estimate of drug-likeness (QED) is 0.0258. The number of carbonyl (C=O) groups excluding carboxylic acids is 2. The molecule has 0 amide bonds. The molecule has 0 saturated heterocycles. The zero-order chi connectivity index (χ0) is 55.7. The lowest BCUT2D eigenvalue weighted by atomic mass is 10.4. The van der Waals surface area contributed by atoms with Crippen molar-refractivity contribution < 1.29 is 68.4 Å². The summed E-state index contributed by atoms with van der Waals surface area (Å²) < 4.78 is 94.1. The van der Waals surface area contributed by atoms with Gasteiger partial charge in [0.1, 0.15) is 0 Å². The van der Waals surface area contributed by atoms with Crippen molar-refractivity contribution in [2.75, 3.05) is 13.2 Å². The normalized spacial score (nSPS) is 16.6. The third-order valence-electron chi connectivity index (χ3n) is 7.80. The summed E-state index contributed by atoms with van der Waals surface area (Å²) in [6.07, 6.45) is 3.31. The molecule has 0 fully saturated rings. The molecule has 0 aliphatic carbocycles. The zero-order valence-electron chi connectivity index (χ0n) is 49.9. The van der Waals surface area contributed by atoms with Gasteiger partial charge in [0.2, 0.25) is 0 Å². The van der Waals surface area contributed by atoms with Gasteiger partial charge < -0.3 is 58.9 Å². The van der Waals surface area contributed by atoms with E-state index in [1.807, 2.05) is 13.1 Å². The first-order chi connectivity index (χ1) is 30.5. The fourth-order valence-electron chi connectivity index (χ4n) is 6.87. The average molecular weight is 1230 g/mol. The number of rotatable bonds is 34. The van der Waals surface area contributed by atoms with Crippen molar-refractivity contribution in [1.82, 2.24) is 0 Å². The van der Waals surface area contributed by atoms with Crippen LogP contribution in [0.4, 0.5) is 0 Å². The van der Waals surface area contributed by atoms with Crippen molar-refractivity contribution in [2.24, 2.45) is 0 Å². The number of ether oxygens (including phenoxy) is 2. The maximum Gasteiger partial charge on any atom is 0.640 e. The van der Waals surface area contributed by atoms with Crippen LogP contribution in [0.3, 0.4) is 0 Å². The molecule has 2 atom stereocenters. The Morgan fingerprint density at radius 2 is 0.486 bits per heavy atom. The summed E-state index contributed by atoms with van der Waals surface area (Å²) >= 11 is 0. The van der Waals surface area contributed by atoms with E-state index in [0.717, 1.165) is 12.2 Å². The van der Waals surface area contributed by atoms with Crippen molar-refractivity contribution in [3.05, 3.63) is 12.2 Å². The van der Waals surface area contributed by atoms with E-state index in [9.17, 15) is 9.59 Å². The van der Waals surface area contributed by atoms with Gasteiger partial charge in [0, 0.05) is 25.2 Å². The molecule has 0 N–H and O–H groups in total. The largest absolute Gasteiger partial charge is 0.640 e. The molecule has 0 aromatic carbocycles. The van der Waals surface area contributed by atoms with Gasteiger partial charge in [-0.2, -0.15) is 0 Å². The van der Waals surface area contributed by atoms with Crippen molar-refractivity contribution in [3.63, 3.8) is 0 Å². The predicted octanol–water partition coefficient (Wildman–Crippen LogP) is 12.7. The molecule has 16 nitrogen and oxygen atoms in total. The van der Waals surface area contributed by atoms with Gasteiger partial charge in [0.05, 0.1) is 13.2 Å². The number of carbonyl (C=O) groups is 2. The maximum atomic E-state index is 12.7. The molecule has 0 aliphatic heterocycles. The van der Waals surface area contributed by atoms with E-state index in [1.54, 1.807) is 0 Å². The summed E-state index contributed by atoms with van der Waals surface area (Å²) in [5, 5.41) is 0. The first-order valence-corrected chi connectivity index (χ1v) is 66.1. The van der Waals surface area contributed by atoms with Gasteiger partial charge >= 0.3 is 47.6 Å². The molecule has 0 aromatic heterocycles. The lowest BCUT2D eigenvalue weighted by Crippen LogP contribution is -2.69. The molecule has 0 saturated carbocycles. The molecule has 70 heavy (non-hydrogen) atoms. The summed E-state index contributed by atoms with van der Waals surface area (Å²) in [4.78, 5) is 25.5. The minimum atomic E-state index is -3.76. The van der Waals surface area contributed by atoms with Gasteiger partial charge in [-0.25, -0.2) is 9.59 Å². The van der Waals surface area contributed by atoms with Crippen LogP contribution < -0.4 is 0 Å². The Labute approximate surface area is 442 Å². The van der Waals surface area contributed by atoms with Crippen LogP contribution in [-0.4, -0.2) is 144 Å². The Bertz CT molecular complexity index is 1470. The highest BCUT2D eigenvalue weighted by Crippen LogP contribution is 2.36. The van der Waals surface area contributed by atoms with E-state index in [2.05, 4.69) is 183 Å². The molecule has 416 valence electrons. The Balaban J connectivity index is 5.85. The van der Waals surface area contributed by atoms with Gasteiger partial charge in [-0.05, 0) is 208 Å². The lowest BCUT2D eigenvalue weighted by Gasteiger charge is -2.46. The van der Waals surface area contributed by atoms with E-state index in [4.69, 9.17) is 58.9 Å². The van der Waals surface area contributed by atoms with Crippen LogP contribution in [-0.2, 0) is 68.4 Å². The molecule has 0 aliphatic rings. The van der Waals surface area contributed by atoms with Gasteiger partial charge in [0.15, 0.2) is 83.2 Å². The second-order valence-electron chi connectivity index (χ2n) is 27.2. The zero-order valence-corrected chi connectivity index (χ0v) is 63.9. The summed E-state index contributed by atoms with van der Waals surface area (Å²) in [6, 6.07) is 1.32. The fraction of sp³-hybridized carbons (Fsp3) is 0.900. The van der Waals surface area contributed by atoms with E-state index in [1.165, 1.54) is 0 Å². The molecule has 0 aromatic rings. The SMILES string of the molecule is C[Si](C)(C)O[Si](C)(O[Si](C)(C)CCCOC(=O)/C=C/C(=O)OCCC[Si](C)(C)O[Si](C)(O[Si](C)(C)C)O[Si](O[Si](C)(C)C)(O[Si](C)(C)C)O[Si](C)(C)C)O[Si](O[Si](C)(C)C)(O[Si](C)(C)C)O[Si](C)(C)C. The van der Waals surface area contributed by atoms with Gasteiger partial charge in [-0.3, -0.25) is 0 Å². The first-order valence-electron chi connectivity index (χ1n) is 24.9. The van der Waals surface area contributed by atoms with Crippen molar-refractivity contribution >= 4 is 131 Å². The topological polar surface area (TPSA) is 163 Å². The Morgan fingerprint density at radius 1 is 0.286 bits per heavy atom. The average Bonchev–Trinajstić information content (AvgIpc) is 2.95. The molecule has 30 heteroatoms. The predicted molar refractivity (Wildman–Crippen MR) is 319 cm³/mol. The minimum absolute atomic E-state index is 0.149. The maximum absolute atomic E-state index is 12.7. The first kappa shape index (κ1) is 71.2. The molecular formula is C40H104O16Si14. The van der Waals surface area contributed by atoms with Crippen LogP contribution in [0.15, 0.2) is 12.2 Å². The van der Waals surface area contributed by atoms with Crippen molar-refractivity contribution in [1.29, 1.82) is 0 Å². The van der Waals surface area contributed by atoms with Crippen molar-refractivity contribution in [3.8, 4) is 0 Å². The molecular weight excluding hydrogens is 1130 g/mol. The van der Waals surface area contributed by atoms with E-state index >= 15 is 0 Å². The van der Waals surface area contributed by atoms with Gasteiger partial charge in [-0.15, -0.1) is 0 Å². The summed E-state index contributed by atoms with van der Waals surface area (Å²) in [7, 11) is -37.3. The van der Waals surface area contributed by atoms with Crippen LogP contribution >= 0.6 is 0 Å². The van der Waals surface area contributed by atoms with E-state index in [-0.39, 0.29) is 13.2 Å². The van der Waals surface area contributed by atoms with Crippen molar-refractivity contribution in [2.45, 2.75) is 221 Å². The molecule has 2 unspecified atom stereocenters. The highest BCUT2D eigenvalue weighted by atomic mass is 28.6. The number of esters is 2.